The van der Waals surface area contributed by atoms with Crippen molar-refractivity contribution in [1.82, 2.24) is 15.5 Å². The molecule has 1 N–H and O–H groups in total. The van der Waals surface area contributed by atoms with E-state index in [1.54, 1.807) is 18.8 Å². The number of rotatable bonds is 4. The number of anilines is 1. The minimum atomic E-state index is -0.405. The van der Waals surface area contributed by atoms with Crippen LogP contribution in [0.1, 0.15) is 6.42 Å². The largest absolute Gasteiger partial charge is 0.444 e. The average molecular weight is 415 g/mol. The number of benzene rings is 2. The van der Waals surface area contributed by atoms with Gasteiger partial charge in [0.2, 0.25) is 0 Å². The number of carbonyl (C=O) groups is 1. The third-order valence-electron chi connectivity index (χ3n) is 4.58. The molecule has 6 nitrogen and oxygen atoms in total. The van der Waals surface area contributed by atoms with E-state index in [9.17, 15) is 4.79 Å². The fraction of sp³-hybridized carbons (Fsp3) is 0.250. The first-order valence-corrected chi connectivity index (χ1v) is 10.2. The minimum Gasteiger partial charge on any atom is -0.444 e. The van der Waals surface area contributed by atoms with Crippen LogP contribution in [0.5, 0.6) is 0 Å². The first-order valence-electron chi connectivity index (χ1n) is 8.96. The molecular formula is C20H19ClN4O2S. The number of carbonyl (C=O) groups excluding carboxylic acids is 1. The molecule has 1 saturated heterocycles. The lowest BCUT2D eigenvalue weighted by molar-refractivity contribution is 0.110. The van der Waals surface area contributed by atoms with Crippen LogP contribution in [0.25, 0.3) is 10.8 Å². The SMILES string of the molecule is CNC(=O)OC1CCN(c2nnc(Sc3ccc(Cl)cc3)c3ccccc23)C1. The highest BCUT2D eigenvalue weighted by atomic mass is 35.5. The van der Waals surface area contributed by atoms with Crippen molar-refractivity contribution < 1.29 is 9.53 Å². The van der Waals surface area contributed by atoms with E-state index in [1.807, 2.05) is 36.4 Å². The van der Waals surface area contributed by atoms with Crippen LogP contribution in [0.2, 0.25) is 5.02 Å². The number of aromatic nitrogens is 2. The van der Waals surface area contributed by atoms with Gasteiger partial charge in [-0.1, -0.05) is 47.6 Å². The summed E-state index contributed by atoms with van der Waals surface area (Å²) in [5.41, 5.74) is 0. The number of ether oxygens (including phenoxy) is 1. The van der Waals surface area contributed by atoms with E-state index in [2.05, 4.69) is 32.5 Å². The van der Waals surface area contributed by atoms with Crippen molar-refractivity contribution in [3.63, 3.8) is 0 Å². The molecule has 1 fully saturated rings. The van der Waals surface area contributed by atoms with Gasteiger partial charge in [-0.15, -0.1) is 10.2 Å². The van der Waals surface area contributed by atoms with Crippen molar-refractivity contribution in [2.24, 2.45) is 0 Å². The molecule has 0 spiro atoms. The summed E-state index contributed by atoms with van der Waals surface area (Å²) >= 11 is 7.54. The summed E-state index contributed by atoms with van der Waals surface area (Å²) in [6.07, 6.45) is 0.214. The van der Waals surface area contributed by atoms with Gasteiger partial charge in [-0.25, -0.2) is 4.79 Å². The third-order valence-corrected chi connectivity index (χ3v) is 5.84. The maximum Gasteiger partial charge on any atom is 0.407 e. The van der Waals surface area contributed by atoms with Crippen LogP contribution in [-0.4, -0.2) is 42.5 Å². The molecule has 3 aromatic rings. The second kappa shape index (κ2) is 8.24. The highest BCUT2D eigenvalue weighted by Crippen LogP contribution is 2.35. The number of hydrogen-bond donors (Lipinski definition) is 1. The first-order chi connectivity index (χ1) is 13.6. The molecule has 2 aromatic carbocycles. The Balaban J connectivity index is 1.61. The molecule has 8 heteroatoms. The number of amides is 1. The lowest BCUT2D eigenvalue weighted by atomic mass is 10.2. The summed E-state index contributed by atoms with van der Waals surface area (Å²) < 4.78 is 5.38. The fourth-order valence-corrected chi connectivity index (χ4v) is 4.21. The molecular weight excluding hydrogens is 396 g/mol. The molecule has 28 heavy (non-hydrogen) atoms. The number of halogens is 1. The van der Waals surface area contributed by atoms with E-state index in [4.69, 9.17) is 16.3 Å². The molecule has 0 bridgehead atoms. The molecule has 1 aliphatic rings. The van der Waals surface area contributed by atoms with Gasteiger partial charge in [0.1, 0.15) is 11.1 Å². The summed E-state index contributed by atoms with van der Waals surface area (Å²) in [5, 5.41) is 15.1. The van der Waals surface area contributed by atoms with E-state index in [0.29, 0.717) is 11.6 Å². The smallest absolute Gasteiger partial charge is 0.407 e. The molecule has 1 unspecified atom stereocenters. The van der Waals surface area contributed by atoms with Crippen molar-refractivity contribution in [2.75, 3.05) is 25.0 Å². The first kappa shape index (κ1) is 18.8. The standard InChI is InChI=1S/C20H19ClN4O2S/c1-22-20(26)27-14-10-11-25(12-14)18-16-4-2-3-5-17(16)19(24-23-18)28-15-8-6-13(21)7-9-15/h2-9,14H,10-12H2,1H3,(H,22,26). The van der Waals surface area contributed by atoms with E-state index in [1.165, 1.54) is 0 Å². The van der Waals surface area contributed by atoms with Crippen molar-refractivity contribution in [3.05, 3.63) is 53.6 Å². The number of nitrogens with zero attached hydrogens (tertiary/aromatic N) is 3. The molecule has 1 amide bonds. The van der Waals surface area contributed by atoms with E-state index in [0.717, 1.165) is 39.5 Å². The van der Waals surface area contributed by atoms with E-state index < -0.39 is 6.09 Å². The highest BCUT2D eigenvalue weighted by molar-refractivity contribution is 7.99. The van der Waals surface area contributed by atoms with Gasteiger partial charge in [-0.3, -0.25) is 0 Å². The fourth-order valence-electron chi connectivity index (χ4n) is 3.22. The molecule has 144 valence electrons. The monoisotopic (exact) mass is 414 g/mol. The third kappa shape index (κ3) is 4.00. The summed E-state index contributed by atoms with van der Waals surface area (Å²) in [5.74, 6) is 0.819. The molecule has 1 atom stereocenters. The predicted molar refractivity (Wildman–Crippen MR) is 111 cm³/mol. The van der Waals surface area contributed by atoms with Gasteiger partial charge in [0, 0.05) is 40.7 Å². The van der Waals surface area contributed by atoms with Crippen molar-refractivity contribution in [3.8, 4) is 0 Å². The van der Waals surface area contributed by atoms with Gasteiger partial charge in [0.05, 0.1) is 6.54 Å². The maximum absolute atomic E-state index is 11.5. The summed E-state index contributed by atoms with van der Waals surface area (Å²) in [4.78, 5) is 14.6. The lowest BCUT2D eigenvalue weighted by Crippen LogP contribution is -2.29. The van der Waals surface area contributed by atoms with Gasteiger partial charge in [-0.05, 0) is 24.3 Å². The molecule has 2 heterocycles. The summed E-state index contributed by atoms with van der Waals surface area (Å²) in [6.45, 7) is 1.37. The van der Waals surface area contributed by atoms with Crippen LogP contribution in [-0.2, 0) is 4.74 Å². The van der Waals surface area contributed by atoms with Crippen LogP contribution in [0.3, 0.4) is 0 Å². The van der Waals surface area contributed by atoms with Gasteiger partial charge < -0.3 is 15.0 Å². The molecule has 0 aliphatic carbocycles. The van der Waals surface area contributed by atoms with Crippen molar-refractivity contribution >= 4 is 46.0 Å². The van der Waals surface area contributed by atoms with Crippen LogP contribution in [0.4, 0.5) is 10.6 Å². The number of nitrogens with one attached hydrogen (secondary N) is 1. The van der Waals surface area contributed by atoms with Gasteiger partial charge >= 0.3 is 6.09 Å². The number of hydrogen-bond acceptors (Lipinski definition) is 6. The van der Waals surface area contributed by atoms with E-state index in [-0.39, 0.29) is 6.10 Å². The average Bonchev–Trinajstić information content (AvgIpc) is 3.18. The zero-order valence-corrected chi connectivity index (χ0v) is 16.8. The maximum atomic E-state index is 11.5. The Kier molecular flexibility index (Phi) is 5.54. The zero-order chi connectivity index (χ0) is 19.5. The zero-order valence-electron chi connectivity index (χ0n) is 15.3. The Bertz CT molecular complexity index is 999. The van der Waals surface area contributed by atoms with Crippen LogP contribution >= 0.6 is 23.4 Å². The van der Waals surface area contributed by atoms with Crippen LogP contribution in [0, 0.1) is 0 Å². The predicted octanol–water partition coefficient (Wildman–Crippen LogP) is 4.37. The quantitative estimate of drug-likeness (QED) is 0.683. The number of alkyl carbamates (subject to hydrolysis) is 1. The van der Waals surface area contributed by atoms with Gasteiger partial charge in [-0.2, -0.15) is 0 Å². The Labute approximate surface area is 172 Å². The molecule has 1 aromatic heterocycles. The number of fused-ring (bicyclic) bond motifs is 1. The summed E-state index contributed by atoms with van der Waals surface area (Å²) in [6, 6.07) is 15.8. The van der Waals surface area contributed by atoms with Gasteiger partial charge in [0.25, 0.3) is 0 Å². The lowest BCUT2D eigenvalue weighted by Gasteiger charge is -2.19. The molecule has 1 aliphatic heterocycles. The second-order valence-electron chi connectivity index (χ2n) is 6.44. The van der Waals surface area contributed by atoms with Crippen LogP contribution in [0.15, 0.2) is 58.5 Å². The Hall–Kier alpha value is -2.51. The van der Waals surface area contributed by atoms with E-state index >= 15 is 0 Å². The molecule has 0 saturated carbocycles. The Morgan fingerprint density at radius 1 is 1.18 bits per heavy atom. The van der Waals surface area contributed by atoms with Gasteiger partial charge in [0.15, 0.2) is 5.82 Å². The topological polar surface area (TPSA) is 67.3 Å². The normalized spacial score (nSPS) is 16.4. The minimum absolute atomic E-state index is 0.149. The second-order valence-corrected chi connectivity index (χ2v) is 7.94. The highest BCUT2D eigenvalue weighted by Gasteiger charge is 2.28. The van der Waals surface area contributed by atoms with Crippen molar-refractivity contribution in [2.45, 2.75) is 22.4 Å². The Morgan fingerprint density at radius 3 is 2.68 bits per heavy atom. The van der Waals surface area contributed by atoms with Crippen molar-refractivity contribution in [1.29, 1.82) is 0 Å². The molecule has 4 rings (SSSR count). The Morgan fingerprint density at radius 2 is 1.93 bits per heavy atom. The summed E-state index contributed by atoms with van der Waals surface area (Å²) in [7, 11) is 1.56. The van der Waals surface area contributed by atoms with Crippen LogP contribution < -0.4 is 10.2 Å². The molecule has 0 radical (unpaired) electrons.